The Morgan fingerprint density at radius 2 is 1.93 bits per heavy atom. The molecule has 0 unspecified atom stereocenters. The molecule has 0 saturated carbocycles. The molecule has 0 aliphatic heterocycles. The number of aromatic nitrogens is 2. The minimum absolute atomic E-state index is 0.00855. The van der Waals surface area contributed by atoms with Crippen LogP contribution in [-0.4, -0.2) is 21.1 Å². The number of esters is 1. The highest BCUT2D eigenvalue weighted by molar-refractivity contribution is 5.70. The molecule has 1 heterocycles. The van der Waals surface area contributed by atoms with E-state index in [9.17, 15) is 19.3 Å². The Hall–Kier alpha value is -3.62. The van der Waals surface area contributed by atoms with Crippen LogP contribution in [0.3, 0.4) is 0 Å². The summed E-state index contributed by atoms with van der Waals surface area (Å²) in [7, 11) is 0. The van der Waals surface area contributed by atoms with Crippen molar-refractivity contribution in [1.29, 1.82) is 0 Å². The Morgan fingerprint density at radius 3 is 2.61 bits per heavy atom. The lowest BCUT2D eigenvalue weighted by molar-refractivity contribution is -0.384. The maximum absolute atomic E-state index is 13.6. The van der Waals surface area contributed by atoms with E-state index in [1.54, 1.807) is 25.1 Å². The van der Waals surface area contributed by atoms with Crippen LogP contribution < -0.4 is 0 Å². The Morgan fingerprint density at radius 1 is 1.21 bits per heavy atom. The average molecular weight is 385 g/mol. The summed E-state index contributed by atoms with van der Waals surface area (Å²) in [5, 5.41) is 18.4. The molecule has 0 aliphatic rings. The van der Waals surface area contributed by atoms with Crippen molar-refractivity contribution in [3.63, 3.8) is 0 Å². The molecular formula is C19H16FN3O5. The zero-order valence-corrected chi connectivity index (χ0v) is 14.9. The zero-order valence-electron chi connectivity index (χ0n) is 14.9. The fraction of sp³-hybridized carbons (Fsp3) is 0.211. The van der Waals surface area contributed by atoms with Crippen LogP contribution in [0.4, 0.5) is 10.1 Å². The molecule has 1 atom stereocenters. The number of hydrogen-bond acceptors (Lipinski definition) is 7. The summed E-state index contributed by atoms with van der Waals surface area (Å²) in [4.78, 5) is 22.2. The second kappa shape index (κ2) is 8.38. The number of non-ortho nitro benzene ring substituents is 1. The van der Waals surface area contributed by atoms with Crippen LogP contribution >= 0.6 is 0 Å². The molecule has 0 aliphatic carbocycles. The number of benzene rings is 2. The van der Waals surface area contributed by atoms with E-state index in [1.807, 2.05) is 0 Å². The minimum atomic E-state index is -0.785. The Labute approximate surface area is 159 Å². The lowest BCUT2D eigenvalue weighted by atomic mass is 10.1. The summed E-state index contributed by atoms with van der Waals surface area (Å²) >= 11 is 0. The van der Waals surface area contributed by atoms with Crippen LogP contribution in [0, 0.1) is 15.9 Å². The molecular weight excluding hydrogens is 369 g/mol. The van der Waals surface area contributed by atoms with Gasteiger partial charge in [-0.05, 0) is 37.1 Å². The number of aryl methyl sites for hydroxylation is 1. The van der Waals surface area contributed by atoms with Crippen LogP contribution in [0.2, 0.25) is 0 Å². The van der Waals surface area contributed by atoms with Gasteiger partial charge in [-0.2, -0.15) is 0 Å². The SMILES string of the molecule is C[C@@H](OC(=O)CCc1ccccc1F)c1nnc(-c2ccc([N+](=O)[O-])cc2)o1. The van der Waals surface area contributed by atoms with E-state index in [0.29, 0.717) is 11.1 Å². The van der Waals surface area contributed by atoms with Gasteiger partial charge in [0.1, 0.15) is 5.82 Å². The van der Waals surface area contributed by atoms with Crippen molar-refractivity contribution in [1.82, 2.24) is 10.2 Å². The van der Waals surface area contributed by atoms with Gasteiger partial charge in [0, 0.05) is 24.1 Å². The lowest BCUT2D eigenvalue weighted by Crippen LogP contribution is -2.10. The van der Waals surface area contributed by atoms with Gasteiger partial charge in [0.25, 0.3) is 11.6 Å². The predicted octanol–water partition coefficient (Wildman–Crippen LogP) is 4.02. The molecule has 3 aromatic rings. The van der Waals surface area contributed by atoms with Crippen molar-refractivity contribution in [2.24, 2.45) is 0 Å². The lowest BCUT2D eigenvalue weighted by Gasteiger charge is -2.09. The molecule has 28 heavy (non-hydrogen) atoms. The second-order valence-corrected chi connectivity index (χ2v) is 5.97. The first-order chi connectivity index (χ1) is 13.4. The minimum Gasteiger partial charge on any atom is -0.453 e. The number of carbonyl (C=O) groups is 1. The van der Waals surface area contributed by atoms with E-state index in [0.717, 1.165) is 0 Å². The molecule has 0 fully saturated rings. The van der Waals surface area contributed by atoms with Crippen molar-refractivity contribution in [2.45, 2.75) is 25.9 Å². The third-order valence-electron chi connectivity index (χ3n) is 3.98. The fourth-order valence-corrected chi connectivity index (χ4v) is 2.49. The molecule has 3 rings (SSSR count). The van der Waals surface area contributed by atoms with Gasteiger partial charge in [0.05, 0.1) is 4.92 Å². The first-order valence-electron chi connectivity index (χ1n) is 8.45. The molecule has 2 aromatic carbocycles. The monoisotopic (exact) mass is 385 g/mol. The summed E-state index contributed by atoms with van der Waals surface area (Å²) in [6, 6.07) is 11.8. The molecule has 0 amide bonds. The van der Waals surface area contributed by atoms with Gasteiger partial charge in [0.15, 0.2) is 6.10 Å². The maximum atomic E-state index is 13.6. The molecule has 0 spiro atoms. The molecule has 0 saturated heterocycles. The van der Waals surface area contributed by atoms with Crippen LogP contribution in [-0.2, 0) is 16.0 Å². The van der Waals surface area contributed by atoms with Crippen molar-refractivity contribution in [3.8, 4) is 11.5 Å². The molecule has 8 nitrogen and oxygen atoms in total. The molecule has 0 radical (unpaired) electrons. The molecule has 1 aromatic heterocycles. The van der Waals surface area contributed by atoms with E-state index in [1.165, 1.54) is 30.3 Å². The van der Waals surface area contributed by atoms with Crippen molar-refractivity contribution in [2.75, 3.05) is 0 Å². The largest absolute Gasteiger partial charge is 0.453 e. The highest BCUT2D eigenvalue weighted by Gasteiger charge is 2.19. The zero-order chi connectivity index (χ0) is 20.1. The average Bonchev–Trinajstić information content (AvgIpc) is 3.18. The molecule has 0 bridgehead atoms. The van der Waals surface area contributed by atoms with Crippen LogP contribution in [0.1, 0.15) is 30.9 Å². The number of ether oxygens (including phenoxy) is 1. The number of halogens is 1. The molecule has 144 valence electrons. The van der Waals surface area contributed by atoms with Crippen molar-refractivity contribution in [3.05, 3.63) is 75.9 Å². The van der Waals surface area contributed by atoms with E-state index in [4.69, 9.17) is 9.15 Å². The van der Waals surface area contributed by atoms with Gasteiger partial charge in [-0.1, -0.05) is 18.2 Å². The first-order valence-corrected chi connectivity index (χ1v) is 8.45. The maximum Gasteiger partial charge on any atom is 0.306 e. The van der Waals surface area contributed by atoms with Crippen LogP contribution in [0.25, 0.3) is 11.5 Å². The number of nitro groups is 1. The van der Waals surface area contributed by atoms with Gasteiger partial charge >= 0.3 is 5.97 Å². The van der Waals surface area contributed by atoms with Gasteiger partial charge in [0.2, 0.25) is 5.89 Å². The Kier molecular flexibility index (Phi) is 5.73. The third-order valence-corrected chi connectivity index (χ3v) is 3.98. The van der Waals surface area contributed by atoms with E-state index in [2.05, 4.69) is 10.2 Å². The van der Waals surface area contributed by atoms with Gasteiger partial charge < -0.3 is 9.15 Å². The van der Waals surface area contributed by atoms with E-state index >= 15 is 0 Å². The number of carbonyl (C=O) groups excluding carboxylic acids is 1. The van der Waals surface area contributed by atoms with Crippen molar-refractivity contribution >= 4 is 11.7 Å². The summed E-state index contributed by atoms with van der Waals surface area (Å²) in [5.41, 5.74) is 0.883. The van der Waals surface area contributed by atoms with Crippen LogP contribution in [0.5, 0.6) is 0 Å². The highest BCUT2D eigenvalue weighted by Crippen LogP contribution is 2.24. The van der Waals surface area contributed by atoms with Gasteiger partial charge in [-0.15, -0.1) is 10.2 Å². The predicted molar refractivity (Wildman–Crippen MR) is 95.6 cm³/mol. The molecule has 0 N–H and O–H groups in total. The quantitative estimate of drug-likeness (QED) is 0.343. The summed E-state index contributed by atoms with van der Waals surface area (Å²) < 4.78 is 24.3. The summed E-state index contributed by atoms with van der Waals surface area (Å²) in [5.74, 6) is -0.648. The summed E-state index contributed by atoms with van der Waals surface area (Å²) in [6.45, 7) is 1.58. The molecule has 9 heteroatoms. The second-order valence-electron chi connectivity index (χ2n) is 5.97. The number of nitro benzene ring substituents is 1. The van der Waals surface area contributed by atoms with E-state index < -0.39 is 17.0 Å². The number of hydrogen-bond donors (Lipinski definition) is 0. The Balaban J connectivity index is 1.59. The number of rotatable bonds is 7. The summed E-state index contributed by atoms with van der Waals surface area (Å²) in [6.07, 6.45) is -0.558. The van der Waals surface area contributed by atoms with Crippen LogP contribution in [0.15, 0.2) is 52.9 Å². The normalized spacial score (nSPS) is 11.8. The Bertz CT molecular complexity index is 987. The smallest absolute Gasteiger partial charge is 0.306 e. The van der Waals surface area contributed by atoms with Crippen molar-refractivity contribution < 1.29 is 23.3 Å². The topological polar surface area (TPSA) is 108 Å². The third kappa shape index (κ3) is 4.56. The van der Waals surface area contributed by atoms with Gasteiger partial charge in [-0.3, -0.25) is 14.9 Å². The van der Waals surface area contributed by atoms with E-state index in [-0.39, 0.29) is 36.1 Å². The highest BCUT2D eigenvalue weighted by atomic mass is 19.1. The standard InChI is InChI=1S/C19H16FN3O5/c1-12(27-17(24)11-8-13-4-2-3-5-16(13)20)18-21-22-19(28-18)14-6-9-15(10-7-14)23(25)26/h2-7,9-10,12H,8,11H2,1H3/t12-/m1/s1. The first kappa shape index (κ1) is 19.2. The van der Waals surface area contributed by atoms with Gasteiger partial charge in [-0.25, -0.2) is 4.39 Å². The number of nitrogens with zero attached hydrogens (tertiary/aromatic N) is 3. The fourth-order valence-electron chi connectivity index (χ4n) is 2.49.